The van der Waals surface area contributed by atoms with Crippen LogP contribution < -0.4 is 5.73 Å². The molecule has 0 spiro atoms. The molecular formula is C14H19N3O3. The fraction of sp³-hybridized carbons (Fsp3) is 0.500. The fourth-order valence-electron chi connectivity index (χ4n) is 2.91. The standard InChI is InChI=1S/C14H19N3O3/c1-16(13-7-3-5-11(13)9-15)14(18)10-4-2-6-12(8-10)17(19)20/h2,4,6,8,11,13H,3,5,7,9,15H2,1H3. The Bertz CT molecular complexity index is 518. The SMILES string of the molecule is CN(C(=O)c1cccc([N+](=O)[O-])c1)C1CCCC1CN. The molecule has 1 aromatic rings. The Labute approximate surface area is 117 Å². The Morgan fingerprint density at radius 2 is 2.25 bits per heavy atom. The second-order valence-electron chi connectivity index (χ2n) is 5.22. The van der Waals surface area contributed by atoms with Gasteiger partial charge in [0.1, 0.15) is 0 Å². The summed E-state index contributed by atoms with van der Waals surface area (Å²) in [6, 6.07) is 5.99. The van der Waals surface area contributed by atoms with Crippen LogP contribution >= 0.6 is 0 Å². The number of rotatable bonds is 4. The Kier molecular flexibility index (Phi) is 4.34. The third kappa shape index (κ3) is 2.80. The van der Waals surface area contributed by atoms with Crippen molar-refractivity contribution in [2.75, 3.05) is 13.6 Å². The maximum absolute atomic E-state index is 12.4. The van der Waals surface area contributed by atoms with Crippen molar-refractivity contribution in [2.45, 2.75) is 25.3 Å². The molecule has 1 aliphatic rings. The van der Waals surface area contributed by atoms with E-state index in [1.165, 1.54) is 18.2 Å². The van der Waals surface area contributed by atoms with E-state index in [1.807, 2.05) is 0 Å². The van der Waals surface area contributed by atoms with Crippen LogP contribution in [0.5, 0.6) is 0 Å². The molecule has 1 aliphatic carbocycles. The smallest absolute Gasteiger partial charge is 0.270 e. The van der Waals surface area contributed by atoms with E-state index in [2.05, 4.69) is 0 Å². The van der Waals surface area contributed by atoms with Crippen molar-refractivity contribution in [2.24, 2.45) is 11.7 Å². The van der Waals surface area contributed by atoms with Gasteiger partial charge in [0, 0.05) is 30.8 Å². The predicted octanol–water partition coefficient (Wildman–Crippen LogP) is 1.79. The lowest BCUT2D eigenvalue weighted by Gasteiger charge is -2.29. The predicted molar refractivity (Wildman–Crippen MR) is 75.4 cm³/mol. The molecule has 2 unspecified atom stereocenters. The molecule has 20 heavy (non-hydrogen) atoms. The molecule has 1 saturated carbocycles. The van der Waals surface area contributed by atoms with Crippen molar-refractivity contribution < 1.29 is 9.72 Å². The maximum Gasteiger partial charge on any atom is 0.270 e. The van der Waals surface area contributed by atoms with Gasteiger partial charge in [-0.05, 0) is 31.4 Å². The molecule has 0 radical (unpaired) electrons. The van der Waals surface area contributed by atoms with Gasteiger partial charge in [-0.25, -0.2) is 0 Å². The molecule has 0 heterocycles. The van der Waals surface area contributed by atoms with Crippen LogP contribution in [0.1, 0.15) is 29.6 Å². The van der Waals surface area contributed by atoms with Crippen molar-refractivity contribution in [1.29, 1.82) is 0 Å². The van der Waals surface area contributed by atoms with Gasteiger partial charge in [-0.15, -0.1) is 0 Å². The van der Waals surface area contributed by atoms with Crippen LogP contribution in [0.2, 0.25) is 0 Å². The summed E-state index contributed by atoms with van der Waals surface area (Å²) in [4.78, 5) is 24.4. The zero-order chi connectivity index (χ0) is 14.7. The molecule has 0 aliphatic heterocycles. The summed E-state index contributed by atoms with van der Waals surface area (Å²) < 4.78 is 0. The summed E-state index contributed by atoms with van der Waals surface area (Å²) in [5.74, 6) is 0.140. The van der Waals surface area contributed by atoms with E-state index in [0.717, 1.165) is 19.3 Å². The summed E-state index contributed by atoms with van der Waals surface area (Å²) in [6.07, 6.45) is 3.05. The highest BCUT2D eigenvalue weighted by molar-refractivity contribution is 5.94. The van der Waals surface area contributed by atoms with E-state index in [4.69, 9.17) is 5.73 Å². The van der Waals surface area contributed by atoms with Crippen molar-refractivity contribution in [3.05, 3.63) is 39.9 Å². The number of nitro groups is 1. The van der Waals surface area contributed by atoms with Crippen LogP contribution in [-0.2, 0) is 0 Å². The quantitative estimate of drug-likeness (QED) is 0.671. The molecule has 108 valence electrons. The van der Waals surface area contributed by atoms with E-state index in [0.29, 0.717) is 18.0 Å². The average Bonchev–Trinajstić information content (AvgIpc) is 2.94. The molecule has 2 rings (SSSR count). The van der Waals surface area contributed by atoms with Crippen molar-refractivity contribution >= 4 is 11.6 Å². The first-order valence-electron chi connectivity index (χ1n) is 6.76. The van der Waals surface area contributed by atoms with Crippen molar-refractivity contribution in [1.82, 2.24) is 4.90 Å². The highest BCUT2D eigenvalue weighted by Crippen LogP contribution is 2.29. The lowest BCUT2D eigenvalue weighted by atomic mass is 10.0. The molecule has 0 aromatic heterocycles. The number of carbonyl (C=O) groups is 1. The number of hydrogen-bond acceptors (Lipinski definition) is 4. The van der Waals surface area contributed by atoms with E-state index in [-0.39, 0.29) is 17.6 Å². The normalized spacial score (nSPS) is 21.7. The van der Waals surface area contributed by atoms with Crippen molar-refractivity contribution in [3.63, 3.8) is 0 Å². The van der Waals surface area contributed by atoms with Crippen LogP contribution in [0.3, 0.4) is 0 Å². The molecule has 0 bridgehead atoms. The third-order valence-corrected chi connectivity index (χ3v) is 4.04. The minimum atomic E-state index is -0.491. The summed E-state index contributed by atoms with van der Waals surface area (Å²) >= 11 is 0. The topological polar surface area (TPSA) is 89.5 Å². The molecule has 2 atom stereocenters. The van der Waals surface area contributed by atoms with Gasteiger partial charge in [-0.2, -0.15) is 0 Å². The van der Waals surface area contributed by atoms with Gasteiger partial charge in [-0.1, -0.05) is 12.5 Å². The summed E-state index contributed by atoms with van der Waals surface area (Å²) in [5, 5.41) is 10.8. The fourth-order valence-corrected chi connectivity index (χ4v) is 2.91. The lowest BCUT2D eigenvalue weighted by Crippen LogP contribution is -2.41. The number of benzene rings is 1. The molecule has 1 aromatic carbocycles. The highest BCUT2D eigenvalue weighted by atomic mass is 16.6. The Morgan fingerprint density at radius 3 is 2.90 bits per heavy atom. The minimum absolute atomic E-state index is 0.0638. The van der Waals surface area contributed by atoms with E-state index in [9.17, 15) is 14.9 Å². The third-order valence-electron chi connectivity index (χ3n) is 4.04. The van der Waals surface area contributed by atoms with E-state index in [1.54, 1.807) is 18.0 Å². The average molecular weight is 277 g/mol. The summed E-state index contributed by atoms with van der Waals surface area (Å²) in [5.41, 5.74) is 6.02. The molecule has 2 N–H and O–H groups in total. The Balaban J connectivity index is 2.18. The molecular weight excluding hydrogens is 258 g/mol. The first-order chi connectivity index (χ1) is 9.54. The Morgan fingerprint density at radius 1 is 1.50 bits per heavy atom. The van der Waals surface area contributed by atoms with Crippen LogP contribution in [0.25, 0.3) is 0 Å². The number of hydrogen-bond donors (Lipinski definition) is 1. The summed E-state index contributed by atoms with van der Waals surface area (Å²) in [7, 11) is 1.75. The van der Waals surface area contributed by atoms with Gasteiger partial charge in [0.05, 0.1) is 4.92 Å². The van der Waals surface area contributed by atoms with Crippen molar-refractivity contribution in [3.8, 4) is 0 Å². The van der Waals surface area contributed by atoms with E-state index < -0.39 is 4.92 Å². The van der Waals surface area contributed by atoms with Gasteiger partial charge in [0.2, 0.25) is 0 Å². The van der Waals surface area contributed by atoms with E-state index >= 15 is 0 Å². The molecule has 1 amide bonds. The largest absolute Gasteiger partial charge is 0.338 e. The highest BCUT2D eigenvalue weighted by Gasteiger charge is 2.32. The maximum atomic E-state index is 12.4. The number of nitrogens with two attached hydrogens (primary N) is 1. The zero-order valence-electron chi connectivity index (χ0n) is 11.5. The van der Waals surface area contributed by atoms with Crippen LogP contribution in [0, 0.1) is 16.0 Å². The minimum Gasteiger partial charge on any atom is -0.338 e. The number of nitro benzene ring substituents is 1. The Hall–Kier alpha value is -1.95. The van der Waals surface area contributed by atoms with Gasteiger partial charge in [0.25, 0.3) is 11.6 Å². The van der Waals surface area contributed by atoms with Gasteiger partial charge < -0.3 is 10.6 Å². The second kappa shape index (κ2) is 6.00. The molecule has 6 heteroatoms. The zero-order valence-corrected chi connectivity index (χ0v) is 11.5. The van der Waals surface area contributed by atoms with Gasteiger partial charge in [0.15, 0.2) is 0 Å². The van der Waals surface area contributed by atoms with Crippen LogP contribution in [0.4, 0.5) is 5.69 Å². The van der Waals surface area contributed by atoms with Crippen LogP contribution in [0.15, 0.2) is 24.3 Å². The first-order valence-corrected chi connectivity index (χ1v) is 6.76. The number of carbonyl (C=O) groups excluding carboxylic acids is 1. The lowest BCUT2D eigenvalue weighted by molar-refractivity contribution is -0.384. The number of non-ortho nitro benzene ring substituents is 1. The molecule has 6 nitrogen and oxygen atoms in total. The summed E-state index contributed by atoms with van der Waals surface area (Å²) in [6.45, 7) is 0.567. The molecule has 1 fully saturated rings. The second-order valence-corrected chi connectivity index (χ2v) is 5.22. The molecule has 0 saturated heterocycles. The van der Waals surface area contributed by atoms with Crippen LogP contribution in [-0.4, -0.2) is 35.4 Å². The van der Waals surface area contributed by atoms with Gasteiger partial charge in [-0.3, -0.25) is 14.9 Å². The monoisotopic (exact) mass is 277 g/mol. The first kappa shape index (κ1) is 14.5. The number of amides is 1. The number of nitrogens with zero attached hydrogens (tertiary/aromatic N) is 2. The van der Waals surface area contributed by atoms with Gasteiger partial charge >= 0.3 is 0 Å².